The van der Waals surface area contributed by atoms with Crippen molar-refractivity contribution in [2.75, 3.05) is 7.11 Å². The Morgan fingerprint density at radius 2 is 1.96 bits per heavy atom. The predicted molar refractivity (Wildman–Crippen MR) is 95.9 cm³/mol. The van der Waals surface area contributed by atoms with E-state index in [2.05, 4.69) is 15.3 Å². The molecule has 0 amide bonds. The fraction of sp³-hybridized carbons (Fsp3) is 0.0556. The predicted octanol–water partition coefficient (Wildman–Crippen LogP) is 4.27. The van der Waals surface area contributed by atoms with Gasteiger partial charge in [-0.05, 0) is 24.3 Å². The number of hydrogen-bond donors (Lipinski definition) is 0. The van der Waals surface area contributed by atoms with Crippen LogP contribution in [0.3, 0.4) is 0 Å². The summed E-state index contributed by atoms with van der Waals surface area (Å²) in [4.78, 5) is 0.716. The van der Waals surface area contributed by atoms with Crippen LogP contribution in [0.2, 0.25) is 0 Å². The van der Waals surface area contributed by atoms with Gasteiger partial charge >= 0.3 is 0 Å². The lowest BCUT2D eigenvalue weighted by Gasteiger charge is -2.00. The Labute approximate surface area is 146 Å². The third-order valence-corrected chi connectivity index (χ3v) is 4.90. The molecule has 25 heavy (non-hydrogen) atoms. The number of para-hydroxylation sites is 1. The van der Waals surface area contributed by atoms with Crippen LogP contribution in [0.15, 0.2) is 59.0 Å². The molecule has 5 rings (SSSR count). The standard InChI is InChI=1S/C18H12N4O2S/c1-23-13-7-4-6-12(9-13)17-21-22-16(19-20-18(22)25-17)15-10-11-5-2-3-8-14(11)24-15/h2-10H,1H3. The molecule has 6 nitrogen and oxygen atoms in total. The number of hydrogen-bond acceptors (Lipinski definition) is 6. The second-order valence-electron chi connectivity index (χ2n) is 5.51. The summed E-state index contributed by atoms with van der Waals surface area (Å²) in [7, 11) is 1.65. The summed E-state index contributed by atoms with van der Waals surface area (Å²) in [5.41, 5.74) is 1.79. The number of methoxy groups -OCH3 is 1. The van der Waals surface area contributed by atoms with Gasteiger partial charge in [-0.25, -0.2) is 0 Å². The fourth-order valence-electron chi connectivity index (χ4n) is 2.74. The molecule has 0 spiro atoms. The van der Waals surface area contributed by atoms with Crippen LogP contribution in [0.25, 0.3) is 38.1 Å². The topological polar surface area (TPSA) is 65.5 Å². The summed E-state index contributed by atoms with van der Waals surface area (Å²) in [6.45, 7) is 0. The number of aromatic nitrogens is 4. The molecule has 0 N–H and O–H groups in total. The highest BCUT2D eigenvalue weighted by Gasteiger charge is 2.17. The maximum absolute atomic E-state index is 5.89. The second-order valence-corrected chi connectivity index (χ2v) is 6.46. The summed E-state index contributed by atoms with van der Waals surface area (Å²) in [5, 5.41) is 15.0. The summed E-state index contributed by atoms with van der Waals surface area (Å²) >= 11 is 1.47. The van der Waals surface area contributed by atoms with Crippen LogP contribution in [-0.4, -0.2) is 26.9 Å². The van der Waals surface area contributed by atoms with E-state index in [0.29, 0.717) is 16.5 Å². The van der Waals surface area contributed by atoms with E-state index in [-0.39, 0.29) is 0 Å². The van der Waals surface area contributed by atoms with Gasteiger partial charge < -0.3 is 9.15 Å². The molecule has 2 aromatic carbocycles. The maximum atomic E-state index is 5.89. The van der Waals surface area contributed by atoms with Gasteiger partial charge in [-0.3, -0.25) is 0 Å². The Kier molecular flexibility index (Phi) is 3.07. The third kappa shape index (κ3) is 2.28. The molecular weight excluding hydrogens is 336 g/mol. The molecule has 0 aliphatic heterocycles. The molecule has 7 heteroatoms. The van der Waals surface area contributed by atoms with Crippen LogP contribution < -0.4 is 4.74 Å². The van der Waals surface area contributed by atoms with Crippen molar-refractivity contribution in [3.63, 3.8) is 0 Å². The van der Waals surface area contributed by atoms with Crippen LogP contribution in [0.1, 0.15) is 0 Å². The summed E-state index contributed by atoms with van der Waals surface area (Å²) < 4.78 is 12.9. The molecule has 0 atom stereocenters. The molecule has 122 valence electrons. The van der Waals surface area contributed by atoms with Gasteiger partial charge in [-0.15, -0.1) is 10.2 Å². The first-order chi connectivity index (χ1) is 12.3. The van der Waals surface area contributed by atoms with E-state index in [9.17, 15) is 0 Å². The normalized spacial score (nSPS) is 11.4. The molecule has 0 saturated carbocycles. The van der Waals surface area contributed by atoms with Crippen molar-refractivity contribution in [1.82, 2.24) is 19.8 Å². The maximum Gasteiger partial charge on any atom is 0.235 e. The lowest BCUT2D eigenvalue weighted by atomic mass is 10.2. The number of rotatable bonds is 3. The lowest BCUT2D eigenvalue weighted by molar-refractivity contribution is 0.415. The lowest BCUT2D eigenvalue weighted by Crippen LogP contribution is -1.90. The van der Waals surface area contributed by atoms with Gasteiger partial charge in [-0.2, -0.15) is 9.61 Å². The van der Waals surface area contributed by atoms with E-state index >= 15 is 0 Å². The van der Waals surface area contributed by atoms with Crippen molar-refractivity contribution in [3.8, 4) is 27.9 Å². The Morgan fingerprint density at radius 1 is 1.04 bits per heavy atom. The average Bonchev–Trinajstić information content (AvgIpc) is 3.34. The fourth-order valence-corrected chi connectivity index (χ4v) is 3.57. The smallest absolute Gasteiger partial charge is 0.235 e. The van der Waals surface area contributed by atoms with Gasteiger partial charge in [0.25, 0.3) is 0 Å². The van der Waals surface area contributed by atoms with E-state index in [1.54, 1.807) is 11.6 Å². The highest BCUT2D eigenvalue weighted by atomic mass is 32.1. The van der Waals surface area contributed by atoms with Gasteiger partial charge in [0.2, 0.25) is 10.8 Å². The van der Waals surface area contributed by atoms with Crippen molar-refractivity contribution in [3.05, 3.63) is 54.6 Å². The van der Waals surface area contributed by atoms with Crippen molar-refractivity contribution in [1.29, 1.82) is 0 Å². The Hall–Kier alpha value is -3.19. The minimum Gasteiger partial charge on any atom is -0.497 e. The van der Waals surface area contributed by atoms with Gasteiger partial charge in [0.15, 0.2) is 5.76 Å². The Balaban J connectivity index is 1.64. The van der Waals surface area contributed by atoms with E-state index < -0.39 is 0 Å². The first kappa shape index (κ1) is 14.2. The summed E-state index contributed by atoms with van der Waals surface area (Å²) in [6.07, 6.45) is 0. The number of ether oxygens (including phenoxy) is 1. The van der Waals surface area contributed by atoms with E-state index in [1.807, 2.05) is 54.6 Å². The van der Waals surface area contributed by atoms with Crippen LogP contribution in [0.4, 0.5) is 0 Å². The number of furan rings is 1. The molecule has 5 aromatic rings. The van der Waals surface area contributed by atoms with E-state index in [0.717, 1.165) is 27.3 Å². The van der Waals surface area contributed by atoms with Gasteiger partial charge in [0, 0.05) is 10.9 Å². The molecule has 0 saturated heterocycles. The van der Waals surface area contributed by atoms with Crippen LogP contribution >= 0.6 is 11.3 Å². The molecule has 0 fully saturated rings. The number of fused-ring (bicyclic) bond motifs is 2. The highest BCUT2D eigenvalue weighted by Crippen LogP contribution is 2.31. The van der Waals surface area contributed by atoms with Gasteiger partial charge in [-0.1, -0.05) is 41.7 Å². The Morgan fingerprint density at radius 3 is 2.84 bits per heavy atom. The Bertz CT molecular complexity index is 1170. The average molecular weight is 348 g/mol. The van der Waals surface area contributed by atoms with Crippen LogP contribution in [0.5, 0.6) is 5.75 Å². The van der Waals surface area contributed by atoms with Crippen molar-refractivity contribution in [2.24, 2.45) is 0 Å². The molecule has 0 unspecified atom stereocenters. The zero-order chi connectivity index (χ0) is 16.8. The summed E-state index contributed by atoms with van der Waals surface area (Å²) in [5.74, 6) is 2.04. The first-order valence-electron chi connectivity index (χ1n) is 7.67. The minimum absolute atomic E-state index is 0.594. The number of benzene rings is 2. The largest absolute Gasteiger partial charge is 0.497 e. The van der Waals surface area contributed by atoms with Crippen molar-refractivity contribution >= 4 is 27.3 Å². The molecular formula is C18H12N4O2S. The van der Waals surface area contributed by atoms with Crippen LogP contribution in [0, 0.1) is 0 Å². The second kappa shape index (κ2) is 5.42. The minimum atomic E-state index is 0.594. The molecule has 0 aliphatic rings. The monoisotopic (exact) mass is 348 g/mol. The molecule has 0 radical (unpaired) electrons. The third-order valence-electron chi connectivity index (χ3n) is 3.95. The SMILES string of the molecule is COc1cccc(-c2nn3c(-c4cc5ccccc5o4)nnc3s2)c1. The quantitative estimate of drug-likeness (QED) is 0.487. The molecule has 3 heterocycles. The van der Waals surface area contributed by atoms with Gasteiger partial charge in [0.05, 0.1) is 7.11 Å². The molecule has 0 bridgehead atoms. The highest BCUT2D eigenvalue weighted by molar-refractivity contribution is 7.19. The van der Waals surface area contributed by atoms with E-state index in [1.165, 1.54) is 11.3 Å². The zero-order valence-electron chi connectivity index (χ0n) is 13.2. The van der Waals surface area contributed by atoms with Crippen molar-refractivity contribution in [2.45, 2.75) is 0 Å². The van der Waals surface area contributed by atoms with E-state index in [4.69, 9.17) is 9.15 Å². The number of nitrogens with zero attached hydrogens (tertiary/aromatic N) is 4. The van der Waals surface area contributed by atoms with Gasteiger partial charge in [0.1, 0.15) is 16.3 Å². The zero-order valence-corrected chi connectivity index (χ0v) is 14.0. The van der Waals surface area contributed by atoms with Crippen molar-refractivity contribution < 1.29 is 9.15 Å². The summed E-state index contributed by atoms with van der Waals surface area (Å²) in [6, 6.07) is 17.6. The first-order valence-corrected chi connectivity index (χ1v) is 8.49. The molecule has 3 aromatic heterocycles. The van der Waals surface area contributed by atoms with Crippen LogP contribution in [-0.2, 0) is 0 Å². The molecule has 0 aliphatic carbocycles.